The molecule has 1 saturated carbocycles. The van der Waals surface area contributed by atoms with Gasteiger partial charge in [0.15, 0.2) is 0 Å². The fraction of sp³-hybridized carbons (Fsp3) is 0.650. The van der Waals surface area contributed by atoms with Crippen LogP contribution in [0.4, 0.5) is 5.69 Å². The number of benzene rings is 1. The lowest BCUT2D eigenvalue weighted by molar-refractivity contribution is -0.118. The van der Waals surface area contributed by atoms with Crippen LogP contribution < -0.4 is 9.64 Å². The molecule has 3 nitrogen and oxygen atoms in total. The highest BCUT2D eigenvalue weighted by atomic mass is 16.5. The minimum absolute atomic E-state index is 0.194. The predicted molar refractivity (Wildman–Crippen MR) is 96.1 cm³/mol. The zero-order valence-electron chi connectivity index (χ0n) is 14.7. The van der Waals surface area contributed by atoms with E-state index in [0.717, 1.165) is 37.1 Å². The average molecular weight is 317 g/mol. The van der Waals surface area contributed by atoms with Gasteiger partial charge in [-0.1, -0.05) is 38.7 Å². The number of rotatable bonds is 9. The molecule has 1 aliphatic rings. The lowest BCUT2D eigenvalue weighted by Crippen LogP contribution is -2.25. The van der Waals surface area contributed by atoms with Crippen molar-refractivity contribution in [2.24, 2.45) is 0 Å². The predicted octanol–water partition coefficient (Wildman–Crippen LogP) is 5.33. The van der Waals surface area contributed by atoms with Gasteiger partial charge in [0, 0.05) is 25.2 Å². The summed E-state index contributed by atoms with van der Waals surface area (Å²) in [6.07, 6.45) is 11.7. The Bertz CT molecular complexity index is 480. The number of hydrogen-bond donors (Lipinski definition) is 0. The average Bonchev–Trinajstić information content (AvgIpc) is 3.07. The monoisotopic (exact) mass is 317 g/mol. The molecule has 1 aromatic rings. The number of nitrogens with zero attached hydrogens (tertiary/aromatic N) is 1. The molecule has 0 N–H and O–H groups in total. The van der Waals surface area contributed by atoms with Crippen LogP contribution in [0.2, 0.25) is 0 Å². The lowest BCUT2D eigenvalue weighted by Gasteiger charge is -2.19. The van der Waals surface area contributed by atoms with E-state index in [1.807, 2.05) is 31.3 Å². The summed E-state index contributed by atoms with van der Waals surface area (Å²) in [6.45, 7) is 2.21. The van der Waals surface area contributed by atoms with E-state index in [2.05, 4.69) is 6.92 Å². The second kappa shape index (κ2) is 9.59. The van der Waals surface area contributed by atoms with Crippen molar-refractivity contribution in [2.75, 3.05) is 11.9 Å². The van der Waals surface area contributed by atoms with Crippen LogP contribution in [0, 0.1) is 0 Å². The summed E-state index contributed by atoms with van der Waals surface area (Å²) >= 11 is 0. The van der Waals surface area contributed by atoms with Crippen molar-refractivity contribution in [1.82, 2.24) is 0 Å². The zero-order valence-corrected chi connectivity index (χ0v) is 14.7. The van der Waals surface area contributed by atoms with E-state index in [-0.39, 0.29) is 5.91 Å². The summed E-state index contributed by atoms with van der Waals surface area (Å²) in [5, 5.41) is 0. The van der Waals surface area contributed by atoms with Crippen molar-refractivity contribution in [2.45, 2.75) is 77.2 Å². The van der Waals surface area contributed by atoms with E-state index in [1.54, 1.807) is 4.90 Å². The number of carbonyl (C=O) groups excluding carboxylic acids is 1. The highest BCUT2D eigenvalue weighted by Gasteiger charge is 2.17. The maximum Gasteiger partial charge on any atom is 0.226 e. The summed E-state index contributed by atoms with van der Waals surface area (Å²) in [7, 11) is 1.86. The quantitative estimate of drug-likeness (QED) is 0.576. The van der Waals surface area contributed by atoms with Crippen LogP contribution in [0.15, 0.2) is 24.3 Å². The van der Waals surface area contributed by atoms with E-state index in [0.29, 0.717) is 12.5 Å². The van der Waals surface area contributed by atoms with Crippen LogP contribution in [0.1, 0.15) is 71.1 Å². The smallest absolute Gasteiger partial charge is 0.226 e. The van der Waals surface area contributed by atoms with Crippen LogP contribution in [0.3, 0.4) is 0 Å². The summed E-state index contributed by atoms with van der Waals surface area (Å²) in [5.41, 5.74) is 0.930. The van der Waals surface area contributed by atoms with E-state index in [1.165, 1.54) is 32.1 Å². The molecule has 0 unspecified atom stereocenters. The summed E-state index contributed by atoms with van der Waals surface area (Å²) in [4.78, 5) is 14.1. The molecule has 2 rings (SSSR count). The van der Waals surface area contributed by atoms with Crippen molar-refractivity contribution in [1.29, 1.82) is 0 Å². The third kappa shape index (κ3) is 5.89. The van der Waals surface area contributed by atoms with Gasteiger partial charge in [-0.25, -0.2) is 0 Å². The molecule has 0 radical (unpaired) electrons. The Morgan fingerprint density at radius 3 is 2.65 bits per heavy atom. The van der Waals surface area contributed by atoms with Crippen molar-refractivity contribution < 1.29 is 9.53 Å². The molecule has 3 heteroatoms. The molecular weight excluding hydrogens is 286 g/mol. The van der Waals surface area contributed by atoms with Gasteiger partial charge in [-0.2, -0.15) is 0 Å². The Hall–Kier alpha value is -1.51. The van der Waals surface area contributed by atoms with Gasteiger partial charge < -0.3 is 9.64 Å². The molecule has 0 aromatic heterocycles. The molecule has 0 aliphatic heterocycles. The Morgan fingerprint density at radius 1 is 1.17 bits per heavy atom. The first-order valence-corrected chi connectivity index (χ1v) is 9.24. The third-order valence-electron chi connectivity index (χ3n) is 4.68. The molecular formula is C20H31NO2. The van der Waals surface area contributed by atoms with Gasteiger partial charge in [0.05, 0.1) is 6.10 Å². The van der Waals surface area contributed by atoms with Crippen molar-refractivity contribution in [3.63, 3.8) is 0 Å². The maximum atomic E-state index is 12.3. The zero-order chi connectivity index (χ0) is 16.5. The molecule has 0 spiro atoms. The van der Waals surface area contributed by atoms with Crippen molar-refractivity contribution in [3.05, 3.63) is 24.3 Å². The van der Waals surface area contributed by atoms with Gasteiger partial charge in [-0.3, -0.25) is 4.79 Å². The molecule has 1 amide bonds. The molecule has 128 valence electrons. The number of unbranched alkanes of at least 4 members (excludes halogenated alkanes) is 4. The van der Waals surface area contributed by atoms with E-state index in [4.69, 9.17) is 4.74 Å². The van der Waals surface area contributed by atoms with Crippen LogP contribution in [0.25, 0.3) is 0 Å². The van der Waals surface area contributed by atoms with Gasteiger partial charge in [-0.05, 0) is 44.2 Å². The first-order valence-electron chi connectivity index (χ1n) is 9.24. The molecule has 1 aliphatic carbocycles. The second-order valence-electron chi connectivity index (χ2n) is 6.64. The van der Waals surface area contributed by atoms with Crippen LogP contribution >= 0.6 is 0 Å². The Kier molecular flexibility index (Phi) is 7.44. The Balaban J connectivity index is 1.83. The molecule has 0 heterocycles. The second-order valence-corrected chi connectivity index (χ2v) is 6.64. The van der Waals surface area contributed by atoms with E-state index < -0.39 is 0 Å². The van der Waals surface area contributed by atoms with Gasteiger partial charge in [0.2, 0.25) is 5.91 Å². The summed E-state index contributed by atoms with van der Waals surface area (Å²) in [5.74, 6) is 1.08. The van der Waals surface area contributed by atoms with Gasteiger partial charge in [-0.15, -0.1) is 0 Å². The SMILES string of the molecule is CCCCCCCC(=O)N(C)c1cccc(OC2CCCC2)c1. The Morgan fingerprint density at radius 2 is 1.91 bits per heavy atom. The Labute approximate surface area is 141 Å². The maximum absolute atomic E-state index is 12.3. The van der Waals surface area contributed by atoms with E-state index >= 15 is 0 Å². The number of anilines is 1. The summed E-state index contributed by atoms with van der Waals surface area (Å²) in [6, 6.07) is 7.94. The topological polar surface area (TPSA) is 29.5 Å². The third-order valence-corrected chi connectivity index (χ3v) is 4.68. The molecule has 0 bridgehead atoms. The number of ether oxygens (including phenoxy) is 1. The highest BCUT2D eigenvalue weighted by Crippen LogP contribution is 2.27. The normalized spacial score (nSPS) is 14.9. The fourth-order valence-corrected chi connectivity index (χ4v) is 3.16. The first kappa shape index (κ1) is 17.8. The number of amides is 1. The minimum Gasteiger partial charge on any atom is -0.490 e. The van der Waals surface area contributed by atoms with Gasteiger partial charge in [0.1, 0.15) is 5.75 Å². The number of hydrogen-bond acceptors (Lipinski definition) is 2. The van der Waals surface area contributed by atoms with Gasteiger partial charge >= 0.3 is 0 Å². The lowest BCUT2D eigenvalue weighted by atomic mass is 10.1. The van der Waals surface area contributed by atoms with Crippen LogP contribution in [-0.4, -0.2) is 19.1 Å². The van der Waals surface area contributed by atoms with Crippen LogP contribution in [-0.2, 0) is 4.79 Å². The van der Waals surface area contributed by atoms with Crippen LogP contribution in [0.5, 0.6) is 5.75 Å². The molecule has 0 atom stereocenters. The fourth-order valence-electron chi connectivity index (χ4n) is 3.16. The minimum atomic E-state index is 0.194. The number of carbonyl (C=O) groups is 1. The summed E-state index contributed by atoms with van der Waals surface area (Å²) < 4.78 is 6.03. The van der Waals surface area contributed by atoms with Gasteiger partial charge in [0.25, 0.3) is 0 Å². The molecule has 23 heavy (non-hydrogen) atoms. The largest absolute Gasteiger partial charge is 0.490 e. The molecule has 1 fully saturated rings. The molecule has 0 saturated heterocycles. The highest BCUT2D eigenvalue weighted by molar-refractivity contribution is 5.92. The van der Waals surface area contributed by atoms with Crippen molar-refractivity contribution >= 4 is 11.6 Å². The van der Waals surface area contributed by atoms with Crippen molar-refractivity contribution in [3.8, 4) is 5.75 Å². The standard InChI is InChI=1S/C20H31NO2/c1-3-4-5-6-7-15-20(22)21(2)17-11-10-14-19(16-17)23-18-12-8-9-13-18/h10-11,14,16,18H,3-9,12-13,15H2,1-2H3. The van der Waals surface area contributed by atoms with E-state index in [9.17, 15) is 4.79 Å². The molecule has 1 aromatic carbocycles. The first-order chi connectivity index (χ1) is 11.2.